The third kappa shape index (κ3) is 2.57. The number of benzene rings is 1. The molecular weight excluding hydrogens is 256 g/mol. The lowest BCUT2D eigenvalue weighted by atomic mass is 9.78. The van der Waals surface area contributed by atoms with Gasteiger partial charge in [-0.1, -0.05) is 37.1 Å². The van der Waals surface area contributed by atoms with Crippen LogP contribution in [0.25, 0.3) is 10.9 Å². The minimum absolute atomic E-state index is 0.825. The average Bonchev–Trinajstić information content (AvgIpc) is 2.56. The number of nitrogens with zero attached hydrogens (tertiary/aromatic N) is 2. The molecule has 0 amide bonds. The molecule has 0 spiro atoms. The minimum atomic E-state index is 0.825. The largest absolute Gasteiger partial charge is 0.296 e. The van der Waals surface area contributed by atoms with Gasteiger partial charge in [0.25, 0.3) is 0 Å². The molecule has 1 saturated heterocycles. The van der Waals surface area contributed by atoms with Crippen LogP contribution in [0.5, 0.6) is 0 Å². The van der Waals surface area contributed by atoms with Gasteiger partial charge < -0.3 is 0 Å². The molecule has 2 nitrogen and oxygen atoms in total. The SMILES string of the molecule is c1cnc2c(CN3CCCC4CCCCC43)cccc2c1. The van der Waals surface area contributed by atoms with Crippen molar-refractivity contribution in [3.05, 3.63) is 42.1 Å². The topological polar surface area (TPSA) is 16.1 Å². The first-order chi connectivity index (χ1) is 10.4. The number of pyridine rings is 1. The Balaban J connectivity index is 1.61. The van der Waals surface area contributed by atoms with Crippen molar-refractivity contribution < 1.29 is 0 Å². The van der Waals surface area contributed by atoms with E-state index >= 15 is 0 Å². The van der Waals surface area contributed by atoms with Crippen LogP contribution < -0.4 is 0 Å². The highest BCUT2D eigenvalue weighted by molar-refractivity contribution is 5.81. The molecule has 2 heteroatoms. The van der Waals surface area contributed by atoms with E-state index in [9.17, 15) is 0 Å². The molecule has 2 unspecified atom stereocenters. The summed E-state index contributed by atoms with van der Waals surface area (Å²) in [5, 5.41) is 1.27. The lowest BCUT2D eigenvalue weighted by molar-refractivity contribution is 0.0550. The Kier molecular flexibility index (Phi) is 3.64. The molecular formula is C19H24N2. The number of aromatic nitrogens is 1. The number of hydrogen-bond donors (Lipinski definition) is 0. The van der Waals surface area contributed by atoms with Gasteiger partial charge in [-0.2, -0.15) is 0 Å². The Bertz CT molecular complexity index is 614. The van der Waals surface area contributed by atoms with E-state index in [1.807, 2.05) is 12.3 Å². The smallest absolute Gasteiger partial charge is 0.0746 e. The van der Waals surface area contributed by atoms with Gasteiger partial charge in [0, 0.05) is 24.2 Å². The van der Waals surface area contributed by atoms with E-state index in [0.717, 1.165) is 18.5 Å². The zero-order valence-corrected chi connectivity index (χ0v) is 12.7. The van der Waals surface area contributed by atoms with Crippen LogP contribution in [-0.4, -0.2) is 22.5 Å². The van der Waals surface area contributed by atoms with Crippen LogP contribution in [0.3, 0.4) is 0 Å². The second-order valence-electron chi connectivity index (χ2n) is 6.72. The Morgan fingerprint density at radius 3 is 2.86 bits per heavy atom. The van der Waals surface area contributed by atoms with Crippen LogP contribution in [0.4, 0.5) is 0 Å². The van der Waals surface area contributed by atoms with E-state index in [-0.39, 0.29) is 0 Å². The summed E-state index contributed by atoms with van der Waals surface area (Å²) < 4.78 is 0. The van der Waals surface area contributed by atoms with Crippen LogP contribution in [0.1, 0.15) is 44.1 Å². The highest BCUT2D eigenvalue weighted by Gasteiger charge is 2.33. The molecule has 2 heterocycles. The van der Waals surface area contributed by atoms with Crippen molar-refractivity contribution >= 4 is 10.9 Å². The van der Waals surface area contributed by atoms with Crippen molar-refractivity contribution in [2.24, 2.45) is 5.92 Å². The summed E-state index contributed by atoms with van der Waals surface area (Å²) in [5.74, 6) is 0.954. The number of rotatable bonds is 2. The predicted octanol–water partition coefficient (Wildman–Crippen LogP) is 4.39. The third-order valence-electron chi connectivity index (χ3n) is 5.45. The lowest BCUT2D eigenvalue weighted by Crippen LogP contribution is -2.46. The maximum absolute atomic E-state index is 4.62. The summed E-state index contributed by atoms with van der Waals surface area (Å²) in [7, 11) is 0. The van der Waals surface area contributed by atoms with Gasteiger partial charge in [0.15, 0.2) is 0 Å². The number of para-hydroxylation sites is 1. The molecule has 2 aromatic rings. The molecule has 0 radical (unpaired) electrons. The zero-order valence-electron chi connectivity index (χ0n) is 12.7. The highest BCUT2D eigenvalue weighted by Crippen LogP contribution is 2.36. The van der Waals surface area contributed by atoms with E-state index in [1.165, 1.54) is 61.5 Å². The van der Waals surface area contributed by atoms with E-state index < -0.39 is 0 Å². The average molecular weight is 280 g/mol. The summed E-state index contributed by atoms with van der Waals surface area (Å²) >= 11 is 0. The summed E-state index contributed by atoms with van der Waals surface area (Å²) in [6.07, 6.45) is 10.5. The fraction of sp³-hybridized carbons (Fsp3) is 0.526. The lowest BCUT2D eigenvalue weighted by Gasteiger charge is -2.44. The normalized spacial score (nSPS) is 26.7. The summed E-state index contributed by atoms with van der Waals surface area (Å²) in [6, 6.07) is 11.6. The molecule has 0 N–H and O–H groups in total. The molecule has 2 aliphatic rings. The first-order valence-electron chi connectivity index (χ1n) is 8.48. The van der Waals surface area contributed by atoms with Gasteiger partial charge in [-0.3, -0.25) is 9.88 Å². The molecule has 1 aromatic carbocycles. The summed E-state index contributed by atoms with van der Waals surface area (Å²) in [6.45, 7) is 2.35. The molecule has 110 valence electrons. The van der Waals surface area contributed by atoms with Gasteiger partial charge in [0.2, 0.25) is 0 Å². The van der Waals surface area contributed by atoms with Crippen LogP contribution >= 0.6 is 0 Å². The van der Waals surface area contributed by atoms with Crippen LogP contribution in [0.2, 0.25) is 0 Å². The molecule has 21 heavy (non-hydrogen) atoms. The Morgan fingerprint density at radius 1 is 1.00 bits per heavy atom. The van der Waals surface area contributed by atoms with Crippen molar-refractivity contribution in [3.8, 4) is 0 Å². The summed E-state index contributed by atoms with van der Waals surface area (Å²) in [4.78, 5) is 7.37. The third-order valence-corrected chi connectivity index (χ3v) is 5.45. The first-order valence-corrected chi connectivity index (χ1v) is 8.48. The molecule has 1 aliphatic carbocycles. The quantitative estimate of drug-likeness (QED) is 0.811. The Hall–Kier alpha value is -1.41. The van der Waals surface area contributed by atoms with Gasteiger partial charge in [0.05, 0.1) is 5.52 Å². The highest BCUT2D eigenvalue weighted by atomic mass is 15.2. The fourth-order valence-electron chi connectivity index (χ4n) is 4.44. The number of hydrogen-bond acceptors (Lipinski definition) is 2. The zero-order chi connectivity index (χ0) is 14.1. The second kappa shape index (κ2) is 5.76. The summed E-state index contributed by atoms with van der Waals surface area (Å²) in [5.41, 5.74) is 2.59. The Labute approximate surface area is 127 Å². The van der Waals surface area contributed by atoms with Crippen LogP contribution in [0, 0.1) is 5.92 Å². The number of likely N-dealkylation sites (tertiary alicyclic amines) is 1. The molecule has 4 rings (SSSR count). The monoisotopic (exact) mass is 280 g/mol. The molecule has 1 aliphatic heterocycles. The van der Waals surface area contributed by atoms with Gasteiger partial charge in [-0.05, 0) is 49.8 Å². The van der Waals surface area contributed by atoms with E-state index in [0.29, 0.717) is 0 Å². The van der Waals surface area contributed by atoms with Crippen molar-refractivity contribution in [3.63, 3.8) is 0 Å². The van der Waals surface area contributed by atoms with E-state index in [4.69, 9.17) is 0 Å². The van der Waals surface area contributed by atoms with Crippen molar-refractivity contribution in [1.29, 1.82) is 0 Å². The molecule has 1 saturated carbocycles. The molecule has 2 atom stereocenters. The van der Waals surface area contributed by atoms with E-state index in [1.54, 1.807) is 0 Å². The maximum atomic E-state index is 4.62. The van der Waals surface area contributed by atoms with Crippen molar-refractivity contribution in [2.45, 2.75) is 51.1 Å². The maximum Gasteiger partial charge on any atom is 0.0746 e. The molecule has 0 bridgehead atoms. The van der Waals surface area contributed by atoms with Crippen molar-refractivity contribution in [2.75, 3.05) is 6.54 Å². The first kappa shape index (κ1) is 13.3. The number of piperidine rings is 1. The van der Waals surface area contributed by atoms with Crippen LogP contribution in [0.15, 0.2) is 36.5 Å². The van der Waals surface area contributed by atoms with Gasteiger partial charge >= 0.3 is 0 Å². The van der Waals surface area contributed by atoms with Gasteiger partial charge in [0.1, 0.15) is 0 Å². The minimum Gasteiger partial charge on any atom is -0.296 e. The van der Waals surface area contributed by atoms with Gasteiger partial charge in [-0.15, -0.1) is 0 Å². The van der Waals surface area contributed by atoms with Crippen LogP contribution in [-0.2, 0) is 6.54 Å². The Morgan fingerprint density at radius 2 is 1.86 bits per heavy atom. The number of fused-ring (bicyclic) bond motifs is 2. The van der Waals surface area contributed by atoms with Gasteiger partial charge in [-0.25, -0.2) is 0 Å². The fourth-order valence-corrected chi connectivity index (χ4v) is 4.44. The standard InChI is InChI=1S/C19H24N2/c1-2-11-18-15(6-1)10-5-13-21(18)14-17-8-3-7-16-9-4-12-20-19(16)17/h3-4,7-9,12,15,18H,1-2,5-6,10-11,13-14H2. The van der Waals surface area contributed by atoms with E-state index in [2.05, 4.69) is 34.1 Å². The second-order valence-corrected chi connectivity index (χ2v) is 6.72. The molecule has 1 aromatic heterocycles. The molecule has 2 fully saturated rings. The van der Waals surface area contributed by atoms with Crippen molar-refractivity contribution in [1.82, 2.24) is 9.88 Å². The predicted molar refractivity (Wildman–Crippen MR) is 87.1 cm³/mol.